The van der Waals surface area contributed by atoms with Crippen LogP contribution in [0.15, 0.2) is 64.2 Å². The van der Waals surface area contributed by atoms with Crippen LogP contribution in [0.25, 0.3) is 0 Å². The third-order valence-corrected chi connectivity index (χ3v) is 8.02. The molecule has 0 aliphatic heterocycles. The average Bonchev–Trinajstić information content (AvgIpc) is 3.34. The van der Waals surface area contributed by atoms with Crippen molar-refractivity contribution in [2.75, 3.05) is 25.6 Å². The number of hydrogen-bond donors (Lipinski definition) is 1. The molecule has 9 heteroatoms. The number of carbonyl (C=O) groups excluding carboxylic acids is 1. The minimum atomic E-state index is -3.62. The Morgan fingerprint density at radius 2 is 1.71 bits per heavy atom. The highest BCUT2D eigenvalue weighted by Gasteiger charge is 2.22. The molecule has 0 unspecified atom stereocenters. The van der Waals surface area contributed by atoms with Gasteiger partial charge >= 0.3 is 0 Å². The first-order valence-corrected chi connectivity index (χ1v) is 11.7. The van der Waals surface area contributed by atoms with Crippen molar-refractivity contribution in [3.63, 3.8) is 0 Å². The molecule has 3 rings (SSSR count). The number of hydrogen-bond acceptors (Lipinski definition) is 6. The van der Waals surface area contributed by atoms with E-state index in [0.717, 1.165) is 16.9 Å². The molecule has 7 nitrogen and oxygen atoms in total. The summed E-state index contributed by atoms with van der Waals surface area (Å²) in [6.45, 7) is 1.87. The SMILES string of the molecule is COc1ccc([C@@H](C)NC(=O)c2ccc(N(C)S(=O)(=O)c3cccs3)cc2)cc1OC. The maximum atomic E-state index is 12.7. The van der Waals surface area contributed by atoms with Gasteiger partial charge in [0.25, 0.3) is 15.9 Å². The molecule has 0 saturated heterocycles. The first-order valence-electron chi connectivity index (χ1n) is 9.43. The molecule has 1 amide bonds. The number of anilines is 1. The van der Waals surface area contributed by atoms with Gasteiger partial charge in [0.1, 0.15) is 4.21 Å². The van der Waals surface area contributed by atoms with Crippen LogP contribution in [0.2, 0.25) is 0 Å². The molecule has 1 aromatic heterocycles. The number of benzene rings is 2. The molecular formula is C22H24N2O5S2. The Morgan fingerprint density at radius 3 is 2.29 bits per heavy atom. The summed E-state index contributed by atoms with van der Waals surface area (Å²) in [5.74, 6) is 0.931. The van der Waals surface area contributed by atoms with Crippen molar-refractivity contribution >= 4 is 33.0 Å². The monoisotopic (exact) mass is 460 g/mol. The summed E-state index contributed by atoms with van der Waals surface area (Å²) in [6.07, 6.45) is 0. The molecule has 1 atom stereocenters. The van der Waals surface area contributed by atoms with Gasteiger partial charge in [-0.15, -0.1) is 11.3 Å². The molecule has 0 aliphatic carbocycles. The highest BCUT2D eigenvalue weighted by molar-refractivity contribution is 7.94. The van der Waals surface area contributed by atoms with Gasteiger partial charge in [-0.2, -0.15) is 0 Å². The maximum Gasteiger partial charge on any atom is 0.273 e. The molecule has 1 N–H and O–H groups in total. The number of carbonyl (C=O) groups is 1. The Morgan fingerprint density at radius 1 is 1.03 bits per heavy atom. The third kappa shape index (κ3) is 4.83. The zero-order chi connectivity index (χ0) is 22.6. The topological polar surface area (TPSA) is 84.9 Å². The van der Waals surface area contributed by atoms with E-state index in [1.165, 1.54) is 11.4 Å². The second-order valence-corrected chi connectivity index (χ2v) is 9.90. The number of nitrogens with one attached hydrogen (secondary N) is 1. The van der Waals surface area contributed by atoms with Crippen molar-refractivity contribution in [3.05, 3.63) is 71.1 Å². The van der Waals surface area contributed by atoms with E-state index >= 15 is 0 Å². The number of thiophene rings is 1. The van der Waals surface area contributed by atoms with Crippen LogP contribution in [0, 0.1) is 0 Å². The van der Waals surface area contributed by atoms with E-state index < -0.39 is 10.0 Å². The predicted octanol–water partition coefficient (Wildman–Crippen LogP) is 4.08. The van der Waals surface area contributed by atoms with E-state index in [-0.39, 0.29) is 16.2 Å². The number of rotatable bonds is 8. The van der Waals surface area contributed by atoms with Crippen molar-refractivity contribution in [1.82, 2.24) is 5.32 Å². The first kappa shape index (κ1) is 22.6. The predicted molar refractivity (Wildman–Crippen MR) is 122 cm³/mol. The van der Waals surface area contributed by atoms with Crippen molar-refractivity contribution in [2.45, 2.75) is 17.2 Å². The largest absolute Gasteiger partial charge is 0.493 e. The van der Waals surface area contributed by atoms with Crippen LogP contribution in [0.5, 0.6) is 11.5 Å². The Bertz CT molecular complexity index is 1140. The number of sulfonamides is 1. The van der Waals surface area contributed by atoms with Gasteiger partial charge in [-0.05, 0) is 60.3 Å². The third-order valence-electron chi connectivity index (χ3n) is 4.86. The lowest BCUT2D eigenvalue weighted by Crippen LogP contribution is -2.27. The first-order chi connectivity index (χ1) is 14.8. The molecule has 0 radical (unpaired) electrons. The summed E-state index contributed by atoms with van der Waals surface area (Å²) in [7, 11) is 0.992. The second kappa shape index (κ2) is 9.40. The molecule has 0 aliphatic rings. The number of ether oxygens (including phenoxy) is 2. The number of methoxy groups -OCH3 is 2. The number of nitrogens with zero attached hydrogens (tertiary/aromatic N) is 1. The zero-order valence-electron chi connectivity index (χ0n) is 17.7. The molecule has 3 aromatic rings. The van der Waals surface area contributed by atoms with Crippen LogP contribution in [0.4, 0.5) is 5.69 Å². The van der Waals surface area contributed by atoms with E-state index in [1.54, 1.807) is 62.1 Å². The average molecular weight is 461 g/mol. The fourth-order valence-corrected chi connectivity index (χ4v) is 5.35. The Balaban J connectivity index is 1.72. The summed E-state index contributed by atoms with van der Waals surface area (Å²) in [6, 6.07) is 14.9. The molecule has 164 valence electrons. The molecule has 2 aromatic carbocycles. The van der Waals surface area contributed by atoms with Gasteiger partial charge in [-0.1, -0.05) is 12.1 Å². The summed E-state index contributed by atoms with van der Waals surface area (Å²) in [4.78, 5) is 12.7. The van der Waals surface area contributed by atoms with E-state index in [2.05, 4.69) is 5.32 Å². The van der Waals surface area contributed by atoms with Crippen LogP contribution in [-0.2, 0) is 10.0 Å². The highest BCUT2D eigenvalue weighted by Crippen LogP contribution is 2.30. The van der Waals surface area contributed by atoms with Gasteiger partial charge < -0.3 is 14.8 Å². The Labute approximate surface area is 186 Å². The molecule has 0 fully saturated rings. The molecular weight excluding hydrogens is 436 g/mol. The highest BCUT2D eigenvalue weighted by atomic mass is 32.2. The smallest absolute Gasteiger partial charge is 0.273 e. The van der Waals surface area contributed by atoms with Crippen LogP contribution < -0.4 is 19.1 Å². The lowest BCUT2D eigenvalue weighted by Gasteiger charge is -2.19. The molecule has 0 saturated carbocycles. The van der Waals surface area contributed by atoms with E-state index in [4.69, 9.17) is 9.47 Å². The van der Waals surface area contributed by atoms with Crippen LogP contribution in [-0.4, -0.2) is 35.6 Å². The van der Waals surface area contributed by atoms with E-state index in [0.29, 0.717) is 22.7 Å². The van der Waals surface area contributed by atoms with Gasteiger partial charge in [0.15, 0.2) is 11.5 Å². The lowest BCUT2D eigenvalue weighted by molar-refractivity contribution is 0.0940. The molecule has 0 spiro atoms. The van der Waals surface area contributed by atoms with E-state index in [9.17, 15) is 13.2 Å². The van der Waals surface area contributed by atoms with Crippen LogP contribution in [0.1, 0.15) is 28.9 Å². The van der Waals surface area contributed by atoms with Crippen molar-refractivity contribution < 1.29 is 22.7 Å². The van der Waals surface area contributed by atoms with Crippen molar-refractivity contribution in [3.8, 4) is 11.5 Å². The maximum absolute atomic E-state index is 12.7. The van der Waals surface area contributed by atoms with E-state index in [1.807, 2.05) is 19.1 Å². The lowest BCUT2D eigenvalue weighted by atomic mass is 10.1. The van der Waals surface area contributed by atoms with Gasteiger partial charge in [0, 0.05) is 12.6 Å². The Hall–Kier alpha value is -3.04. The summed E-state index contributed by atoms with van der Waals surface area (Å²) in [5, 5.41) is 4.65. The van der Waals surface area contributed by atoms with Gasteiger partial charge in [-0.25, -0.2) is 8.42 Å². The summed E-state index contributed by atoms with van der Waals surface area (Å²) < 4.78 is 37.3. The second-order valence-electron chi connectivity index (χ2n) is 6.76. The zero-order valence-corrected chi connectivity index (χ0v) is 19.3. The van der Waals surface area contributed by atoms with Gasteiger partial charge in [0.2, 0.25) is 0 Å². The van der Waals surface area contributed by atoms with Gasteiger partial charge in [0.05, 0.1) is 25.9 Å². The van der Waals surface area contributed by atoms with Crippen molar-refractivity contribution in [1.29, 1.82) is 0 Å². The van der Waals surface area contributed by atoms with Crippen LogP contribution >= 0.6 is 11.3 Å². The summed E-state index contributed by atoms with van der Waals surface area (Å²) >= 11 is 1.16. The molecule has 1 heterocycles. The molecule has 0 bridgehead atoms. The van der Waals surface area contributed by atoms with Crippen molar-refractivity contribution in [2.24, 2.45) is 0 Å². The molecule has 31 heavy (non-hydrogen) atoms. The van der Waals surface area contributed by atoms with Crippen LogP contribution in [0.3, 0.4) is 0 Å². The minimum absolute atomic E-state index is 0.264. The minimum Gasteiger partial charge on any atom is -0.493 e. The fourth-order valence-electron chi connectivity index (χ4n) is 2.99. The Kier molecular flexibility index (Phi) is 6.87. The standard InChI is InChI=1S/C22H24N2O5S2/c1-15(17-9-12-19(28-3)20(14-17)29-4)23-22(25)16-7-10-18(11-8-16)24(2)31(26,27)21-6-5-13-30-21/h5-15H,1-4H3,(H,23,25)/t15-/m1/s1. The fraction of sp³-hybridized carbons (Fsp3) is 0.227. The number of amides is 1. The van der Waals surface area contributed by atoms with Gasteiger partial charge in [-0.3, -0.25) is 9.10 Å². The summed E-state index contributed by atoms with van der Waals surface area (Å²) in [5.41, 5.74) is 1.76. The normalized spacial score (nSPS) is 12.1. The quantitative estimate of drug-likeness (QED) is 0.548.